The molecule has 0 radical (unpaired) electrons. The minimum absolute atomic E-state index is 0.109. The number of carbonyl (C=O) groups is 1. The molecule has 1 saturated heterocycles. The first-order valence-electron chi connectivity index (χ1n) is 7.09. The number of thiocarbonyl (C=S) groups is 1. The van der Waals surface area contributed by atoms with Crippen molar-refractivity contribution in [1.29, 1.82) is 0 Å². The van der Waals surface area contributed by atoms with Gasteiger partial charge in [0, 0.05) is 12.4 Å². The maximum atomic E-state index is 13.7. The summed E-state index contributed by atoms with van der Waals surface area (Å²) in [5, 5.41) is 16.1. The van der Waals surface area contributed by atoms with Crippen LogP contribution in [0.15, 0.2) is 42.0 Å². The third-order valence-corrected chi connectivity index (χ3v) is 5.00. The van der Waals surface area contributed by atoms with Crippen LogP contribution < -0.4 is 10.6 Å². The first-order chi connectivity index (χ1) is 11.7. The van der Waals surface area contributed by atoms with Gasteiger partial charge in [0.05, 0.1) is 10.9 Å². The third-order valence-electron chi connectivity index (χ3n) is 3.90. The second-order valence-corrected chi connectivity index (χ2v) is 6.80. The molecule has 0 aromatic carbocycles. The number of carbonyl (C=O) groups excluding carboxylic acids is 1. The summed E-state index contributed by atoms with van der Waals surface area (Å²) < 4.78 is 41.0. The highest BCUT2D eigenvalue weighted by atomic mass is 32.1. The average Bonchev–Trinajstić information content (AvgIpc) is 3.08. The highest BCUT2D eigenvalue weighted by Gasteiger charge is 2.65. The second-order valence-electron chi connectivity index (χ2n) is 5.45. The summed E-state index contributed by atoms with van der Waals surface area (Å²) in [7, 11) is 0. The van der Waals surface area contributed by atoms with Crippen molar-refractivity contribution < 1.29 is 23.1 Å². The second kappa shape index (κ2) is 6.36. The van der Waals surface area contributed by atoms with Gasteiger partial charge >= 0.3 is 6.18 Å². The predicted octanol–water partition coefficient (Wildman–Crippen LogP) is 2.41. The van der Waals surface area contributed by atoms with Crippen LogP contribution in [0.1, 0.15) is 21.3 Å². The summed E-state index contributed by atoms with van der Waals surface area (Å²) in [5.74, 6) is -2.73. The van der Waals surface area contributed by atoms with Gasteiger partial charge < -0.3 is 15.7 Å². The van der Waals surface area contributed by atoms with Crippen LogP contribution in [0.5, 0.6) is 0 Å². The van der Waals surface area contributed by atoms with E-state index >= 15 is 0 Å². The molecule has 3 N–H and O–H groups in total. The van der Waals surface area contributed by atoms with E-state index in [2.05, 4.69) is 10.3 Å². The first kappa shape index (κ1) is 17.8. The standard InChI is InChI=1S/C15H12F3N3O2S2/c16-15(17,18)14(23)10(12(22)9-4-2-6-25-9)11(20-13(24)21-14)8-3-1-5-19-7-8/h1-7,10-11,23H,(H2,20,21,24)/t10-,11-,14-/m0/s1. The van der Waals surface area contributed by atoms with E-state index in [1.807, 2.05) is 5.32 Å². The maximum absolute atomic E-state index is 13.7. The number of Topliss-reactive ketones (excluding diaryl/α,β-unsaturated/α-hetero) is 1. The molecule has 0 spiro atoms. The molecule has 0 saturated carbocycles. The minimum atomic E-state index is -5.13. The number of thiophene rings is 1. The van der Waals surface area contributed by atoms with Crippen LogP contribution in [0.4, 0.5) is 13.2 Å². The number of hydrogen-bond donors (Lipinski definition) is 3. The van der Waals surface area contributed by atoms with Gasteiger partial charge in [0.2, 0.25) is 5.72 Å². The molecule has 0 bridgehead atoms. The Balaban J connectivity index is 2.15. The van der Waals surface area contributed by atoms with E-state index in [0.717, 1.165) is 11.3 Å². The number of ketones is 1. The molecule has 3 heterocycles. The lowest BCUT2D eigenvalue weighted by Crippen LogP contribution is -2.72. The van der Waals surface area contributed by atoms with Crippen molar-refractivity contribution in [2.75, 3.05) is 0 Å². The lowest BCUT2D eigenvalue weighted by molar-refractivity contribution is -0.285. The SMILES string of the molecule is O=C(c1cccs1)[C@@H]1[C@H](c2cccnc2)NC(=S)N[C@@]1(O)C(F)(F)F. The predicted molar refractivity (Wildman–Crippen MR) is 89.0 cm³/mol. The molecular formula is C15H12F3N3O2S2. The molecule has 1 fully saturated rings. The van der Waals surface area contributed by atoms with Gasteiger partial charge in [-0.3, -0.25) is 9.78 Å². The van der Waals surface area contributed by atoms with Crippen LogP contribution in [-0.4, -0.2) is 32.9 Å². The lowest BCUT2D eigenvalue weighted by Gasteiger charge is -2.46. The van der Waals surface area contributed by atoms with E-state index in [1.54, 1.807) is 11.4 Å². The number of nitrogens with zero attached hydrogens (tertiary/aromatic N) is 1. The molecule has 1 aliphatic heterocycles. The molecule has 1 aliphatic rings. The molecule has 10 heteroatoms. The number of nitrogens with one attached hydrogen (secondary N) is 2. The molecule has 25 heavy (non-hydrogen) atoms. The van der Waals surface area contributed by atoms with E-state index in [4.69, 9.17) is 12.2 Å². The van der Waals surface area contributed by atoms with Crippen LogP contribution >= 0.6 is 23.6 Å². The summed E-state index contributed by atoms with van der Waals surface area (Å²) in [6.45, 7) is 0. The van der Waals surface area contributed by atoms with Gasteiger partial charge in [0.1, 0.15) is 5.92 Å². The van der Waals surface area contributed by atoms with Crippen molar-refractivity contribution >= 4 is 34.5 Å². The Morgan fingerprint density at radius 3 is 2.68 bits per heavy atom. The van der Waals surface area contributed by atoms with E-state index in [0.29, 0.717) is 5.56 Å². The van der Waals surface area contributed by atoms with Crippen molar-refractivity contribution in [3.8, 4) is 0 Å². The molecule has 3 rings (SSSR count). The monoisotopic (exact) mass is 387 g/mol. The zero-order valence-corrected chi connectivity index (χ0v) is 14.1. The average molecular weight is 387 g/mol. The Morgan fingerprint density at radius 2 is 2.12 bits per heavy atom. The number of alkyl halides is 3. The smallest absolute Gasteiger partial charge is 0.363 e. The molecule has 2 aromatic heterocycles. The fraction of sp³-hybridized carbons (Fsp3) is 0.267. The minimum Gasteiger partial charge on any atom is -0.363 e. The van der Waals surface area contributed by atoms with Crippen molar-refractivity contribution in [3.05, 3.63) is 52.5 Å². The number of halogens is 3. The van der Waals surface area contributed by atoms with Crippen molar-refractivity contribution in [3.63, 3.8) is 0 Å². The van der Waals surface area contributed by atoms with E-state index in [1.165, 1.54) is 30.6 Å². The van der Waals surface area contributed by atoms with Crippen LogP contribution in [0.25, 0.3) is 0 Å². The van der Waals surface area contributed by atoms with Gasteiger partial charge in [-0.05, 0) is 35.3 Å². The number of hydrogen-bond acceptors (Lipinski definition) is 5. The number of aliphatic hydroxyl groups is 1. The first-order valence-corrected chi connectivity index (χ1v) is 8.38. The van der Waals surface area contributed by atoms with Crippen molar-refractivity contribution in [1.82, 2.24) is 15.6 Å². The van der Waals surface area contributed by atoms with Gasteiger partial charge in [-0.2, -0.15) is 13.2 Å². The van der Waals surface area contributed by atoms with Crippen molar-refractivity contribution in [2.24, 2.45) is 5.92 Å². The van der Waals surface area contributed by atoms with E-state index < -0.39 is 34.8 Å². The Hall–Kier alpha value is -2.04. The van der Waals surface area contributed by atoms with Crippen LogP contribution in [-0.2, 0) is 0 Å². The van der Waals surface area contributed by atoms with Gasteiger partial charge in [-0.15, -0.1) is 11.3 Å². The fourth-order valence-electron chi connectivity index (χ4n) is 2.75. The molecule has 0 aliphatic carbocycles. The highest BCUT2D eigenvalue weighted by molar-refractivity contribution is 7.80. The lowest BCUT2D eigenvalue weighted by atomic mass is 9.79. The molecule has 132 valence electrons. The quantitative estimate of drug-likeness (QED) is 0.555. The Morgan fingerprint density at radius 1 is 1.36 bits per heavy atom. The fourth-order valence-corrected chi connectivity index (χ4v) is 3.74. The maximum Gasteiger partial charge on any atom is 0.437 e. The van der Waals surface area contributed by atoms with Gasteiger partial charge in [0.15, 0.2) is 10.9 Å². The highest BCUT2D eigenvalue weighted by Crippen LogP contribution is 2.44. The normalized spacial score (nSPS) is 26.6. The Kier molecular flexibility index (Phi) is 4.52. The summed E-state index contributed by atoms with van der Waals surface area (Å²) in [6, 6.07) is 4.82. The summed E-state index contributed by atoms with van der Waals surface area (Å²) in [5.41, 5.74) is -3.19. The van der Waals surface area contributed by atoms with E-state index in [-0.39, 0.29) is 4.88 Å². The third kappa shape index (κ3) is 3.12. The van der Waals surface area contributed by atoms with E-state index in [9.17, 15) is 23.1 Å². The van der Waals surface area contributed by atoms with Gasteiger partial charge in [0.25, 0.3) is 0 Å². The molecule has 3 atom stereocenters. The number of pyridine rings is 1. The largest absolute Gasteiger partial charge is 0.437 e. The van der Waals surface area contributed by atoms with Gasteiger partial charge in [-0.25, -0.2) is 0 Å². The Labute approximate surface area is 149 Å². The zero-order chi connectivity index (χ0) is 18.2. The van der Waals surface area contributed by atoms with Crippen LogP contribution in [0.3, 0.4) is 0 Å². The summed E-state index contributed by atoms with van der Waals surface area (Å²) in [4.78, 5) is 16.8. The molecule has 0 amide bonds. The number of aromatic nitrogens is 1. The van der Waals surface area contributed by atoms with Crippen LogP contribution in [0, 0.1) is 5.92 Å². The molecule has 0 unspecified atom stereocenters. The number of rotatable bonds is 3. The summed E-state index contributed by atoms with van der Waals surface area (Å²) >= 11 is 5.83. The molecular weight excluding hydrogens is 375 g/mol. The molecule has 2 aromatic rings. The topological polar surface area (TPSA) is 74.2 Å². The van der Waals surface area contributed by atoms with Gasteiger partial charge in [-0.1, -0.05) is 12.1 Å². The van der Waals surface area contributed by atoms with Crippen LogP contribution in [0.2, 0.25) is 0 Å². The molecule has 5 nitrogen and oxygen atoms in total. The van der Waals surface area contributed by atoms with Crippen molar-refractivity contribution in [2.45, 2.75) is 17.9 Å². The zero-order valence-electron chi connectivity index (χ0n) is 12.4. The Bertz CT molecular complexity index is 783. The summed E-state index contributed by atoms with van der Waals surface area (Å²) in [6.07, 6.45) is -2.34.